The zero-order chi connectivity index (χ0) is 21.3. The van der Waals surface area contributed by atoms with E-state index in [1.54, 1.807) is 19.3 Å². The lowest BCUT2D eigenvalue weighted by Crippen LogP contribution is -2.42. The van der Waals surface area contributed by atoms with E-state index >= 15 is 0 Å². The molecule has 29 heavy (non-hydrogen) atoms. The van der Waals surface area contributed by atoms with Crippen LogP contribution in [0.1, 0.15) is 23.1 Å². The summed E-state index contributed by atoms with van der Waals surface area (Å²) in [4.78, 5) is 36.2. The van der Waals surface area contributed by atoms with Crippen LogP contribution in [0.2, 0.25) is 0 Å². The quantitative estimate of drug-likeness (QED) is 0.561. The van der Waals surface area contributed by atoms with Gasteiger partial charge in [0, 0.05) is 39.6 Å². The van der Waals surface area contributed by atoms with Crippen LogP contribution in [0.3, 0.4) is 0 Å². The van der Waals surface area contributed by atoms with Crippen LogP contribution >= 0.6 is 0 Å². The predicted molar refractivity (Wildman–Crippen MR) is 109 cm³/mol. The zero-order valence-corrected chi connectivity index (χ0v) is 17.1. The summed E-state index contributed by atoms with van der Waals surface area (Å²) in [6, 6.07) is 2.31. The van der Waals surface area contributed by atoms with Gasteiger partial charge in [-0.15, -0.1) is 0 Å². The highest BCUT2D eigenvalue weighted by Crippen LogP contribution is 2.28. The lowest BCUT2D eigenvalue weighted by atomic mass is 10.0. The average Bonchev–Trinajstić information content (AvgIpc) is 3.00. The Morgan fingerprint density at radius 3 is 2.59 bits per heavy atom. The van der Waals surface area contributed by atoms with E-state index in [0.717, 1.165) is 10.9 Å². The van der Waals surface area contributed by atoms with Crippen molar-refractivity contribution in [3.8, 4) is 0 Å². The predicted octanol–water partition coefficient (Wildman–Crippen LogP) is 2.04. The van der Waals surface area contributed by atoms with E-state index in [1.165, 1.54) is 6.26 Å². The number of benzene rings is 1. The Kier molecular flexibility index (Phi) is 5.88. The van der Waals surface area contributed by atoms with Crippen LogP contribution in [0.25, 0.3) is 21.9 Å². The molecule has 0 fully saturated rings. The third kappa shape index (κ3) is 4.40. The highest BCUT2D eigenvalue weighted by atomic mass is 32.2. The Labute approximate surface area is 168 Å². The van der Waals surface area contributed by atoms with Crippen molar-refractivity contribution in [2.75, 3.05) is 12.0 Å². The van der Waals surface area contributed by atoms with Crippen molar-refractivity contribution in [3.05, 3.63) is 45.5 Å². The van der Waals surface area contributed by atoms with E-state index in [-0.39, 0.29) is 24.2 Å². The Balaban J connectivity index is 1.90. The molecule has 2 heterocycles. The molecule has 0 bridgehead atoms. The molecule has 0 aliphatic heterocycles. The molecule has 0 saturated heterocycles. The summed E-state index contributed by atoms with van der Waals surface area (Å²) in [7, 11) is -1.18. The van der Waals surface area contributed by atoms with E-state index in [0.29, 0.717) is 22.1 Å². The number of aryl methyl sites for hydroxylation is 2. The first-order chi connectivity index (χ1) is 13.7. The number of rotatable bonds is 7. The summed E-state index contributed by atoms with van der Waals surface area (Å²) < 4.78 is 22.0. The fourth-order valence-corrected chi connectivity index (χ4v) is 3.76. The molecular formula is C20H21NO7S. The third-order valence-corrected chi connectivity index (χ3v) is 5.65. The van der Waals surface area contributed by atoms with E-state index in [9.17, 15) is 23.7 Å². The minimum absolute atomic E-state index is 0.0350. The summed E-state index contributed by atoms with van der Waals surface area (Å²) in [5.41, 5.74) is 1.99. The van der Waals surface area contributed by atoms with Gasteiger partial charge in [0.1, 0.15) is 17.2 Å². The molecular weight excluding hydrogens is 398 g/mol. The van der Waals surface area contributed by atoms with Gasteiger partial charge in [0.05, 0.1) is 18.2 Å². The fraction of sp³-hybridized carbons (Fsp3) is 0.350. The molecule has 3 aromatic rings. The van der Waals surface area contributed by atoms with Gasteiger partial charge in [0.2, 0.25) is 5.91 Å². The number of furan rings is 1. The third-order valence-electron chi connectivity index (χ3n) is 4.84. The van der Waals surface area contributed by atoms with E-state index in [4.69, 9.17) is 8.83 Å². The maximum absolute atomic E-state index is 12.4. The van der Waals surface area contributed by atoms with Crippen LogP contribution in [-0.2, 0) is 26.8 Å². The molecule has 2 aromatic heterocycles. The van der Waals surface area contributed by atoms with Crippen molar-refractivity contribution in [2.24, 2.45) is 0 Å². The molecule has 8 nitrogen and oxygen atoms in total. The second-order valence-electron chi connectivity index (χ2n) is 6.96. The van der Waals surface area contributed by atoms with E-state index < -0.39 is 34.3 Å². The number of hydrogen-bond donors (Lipinski definition) is 2. The molecule has 0 unspecified atom stereocenters. The van der Waals surface area contributed by atoms with Gasteiger partial charge in [-0.2, -0.15) is 0 Å². The minimum atomic E-state index is -1.22. The number of amides is 1. The van der Waals surface area contributed by atoms with Gasteiger partial charge in [0.25, 0.3) is 0 Å². The maximum atomic E-state index is 12.4. The molecule has 2 N–H and O–H groups in total. The molecule has 154 valence electrons. The molecule has 2 atom stereocenters. The van der Waals surface area contributed by atoms with Crippen LogP contribution < -0.4 is 10.9 Å². The number of nitrogens with one attached hydrogen (secondary N) is 1. The summed E-state index contributed by atoms with van der Waals surface area (Å²) in [6.07, 6.45) is 2.79. The summed E-state index contributed by atoms with van der Waals surface area (Å²) in [5.74, 6) is -1.69. The Bertz CT molecular complexity index is 1190. The van der Waals surface area contributed by atoms with Gasteiger partial charge in [-0.3, -0.25) is 9.00 Å². The van der Waals surface area contributed by atoms with Crippen molar-refractivity contribution < 1.29 is 27.7 Å². The lowest BCUT2D eigenvalue weighted by molar-refractivity contribution is -0.141. The van der Waals surface area contributed by atoms with Gasteiger partial charge in [0.15, 0.2) is 0 Å². The van der Waals surface area contributed by atoms with Crippen molar-refractivity contribution in [1.82, 2.24) is 5.32 Å². The lowest BCUT2D eigenvalue weighted by Gasteiger charge is -2.14. The SMILES string of the molecule is Cc1coc2cc3oc(=O)c(CC(=O)N[C@@H](CC[S@](C)=O)C(=O)O)c(C)c3cc12. The zero-order valence-electron chi connectivity index (χ0n) is 16.2. The average molecular weight is 419 g/mol. The van der Waals surface area contributed by atoms with E-state index in [1.807, 2.05) is 13.0 Å². The second kappa shape index (κ2) is 8.20. The van der Waals surface area contributed by atoms with Gasteiger partial charge < -0.3 is 19.3 Å². The number of hydrogen-bond acceptors (Lipinski definition) is 6. The highest BCUT2D eigenvalue weighted by Gasteiger charge is 2.22. The highest BCUT2D eigenvalue weighted by molar-refractivity contribution is 7.84. The smallest absolute Gasteiger partial charge is 0.340 e. The number of carbonyl (C=O) groups is 2. The number of carbonyl (C=O) groups excluding carboxylic acids is 1. The van der Waals surface area contributed by atoms with Crippen LogP contribution in [0.5, 0.6) is 0 Å². The largest absolute Gasteiger partial charge is 0.480 e. The molecule has 3 rings (SSSR count). The van der Waals surface area contributed by atoms with Crippen molar-refractivity contribution >= 4 is 44.6 Å². The van der Waals surface area contributed by atoms with Gasteiger partial charge in [-0.05, 0) is 37.5 Å². The van der Waals surface area contributed by atoms with Crippen molar-refractivity contribution in [3.63, 3.8) is 0 Å². The molecule has 0 radical (unpaired) electrons. The Hall–Kier alpha value is -2.94. The number of carboxylic acid groups (broad SMARTS) is 1. The van der Waals surface area contributed by atoms with Gasteiger partial charge in [-0.25, -0.2) is 9.59 Å². The number of carboxylic acids is 1. The van der Waals surface area contributed by atoms with Crippen LogP contribution in [0.4, 0.5) is 0 Å². The first-order valence-electron chi connectivity index (χ1n) is 8.93. The van der Waals surface area contributed by atoms with Crippen molar-refractivity contribution in [2.45, 2.75) is 32.7 Å². The first kappa shape index (κ1) is 20.8. The molecule has 0 aliphatic carbocycles. The normalized spacial score (nSPS) is 13.5. The first-order valence-corrected chi connectivity index (χ1v) is 10.7. The number of aliphatic carboxylic acids is 1. The molecule has 0 spiro atoms. The van der Waals surface area contributed by atoms with Crippen molar-refractivity contribution in [1.29, 1.82) is 0 Å². The summed E-state index contributed by atoms with van der Waals surface area (Å²) in [6.45, 7) is 3.62. The summed E-state index contributed by atoms with van der Waals surface area (Å²) >= 11 is 0. The van der Waals surface area contributed by atoms with Crippen LogP contribution in [0, 0.1) is 13.8 Å². The molecule has 1 aromatic carbocycles. The number of fused-ring (bicyclic) bond motifs is 2. The molecule has 1 amide bonds. The monoisotopic (exact) mass is 419 g/mol. The molecule has 0 saturated carbocycles. The molecule has 9 heteroatoms. The Morgan fingerprint density at radius 1 is 1.21 bits per heavy atom. The van der Waals surface area contributed by atoms with Crippen LogP contribution in [0.15, 0.2) is 32.0 Å². The Morgan fingerprint density at radius 2 is 1.93 bits per heavy atom. The van der Waals surface area contributed by atoms with Gasteiger partial charge in [-0.1, -0.05) is 0 Å². The fourth-order valence-electron chi connectivity index (χ4n) is 3.19. The second-order valence-corrected chi connectivity index (χ2v) is 8.51. The van der Waals surface area contributed by atoms with Gasteiger partial charge >= 0.3 is 11.6 Å². The maximum Gasteiger partial charge on any atom is 0.340 e. The standard InChI is InChI=1S/C20H21NO7S/c1-10-9-27-16-8-17-13(6-12(10)16)11(2)14(20(25)28-17)7-18(22)21-15(19(23)24)4-5-29(3)26/h6,8-9,15H,4-5,7H2,1-3H3,(H,21,22)(H,23,24)/t15-,29-/m0/s1. The summed E-state index contributed by atoms with van der Waals surface area (Å²) in [5, 5.41) is 13.2. The minimum Gasteiger partial charge on any atom is -0.480 e. The molecule has 0 aliphatic rings. The van der Waals surface area contributed by atoms with E-state index in [2.05, 4.69) is 5.32 Å². The topological polar surface area (TPSA) is 127 Å². The van der Waals surface area contributed by atoms with Crippen LogP contribution in [-0.4, -0.2) is 39.2 Å².